The largest absolute Gasteiger partial charge is 1.00 e. The molecule has 0 aliphatic heterocycles. The Morgan fingerprint density at radius 1 is 0.733 bits per heavy atom. The summed E-state index contributed by atoms with van der Waals surface area (Å²) in [5.74, 6) is 0. The van der Waals surface area contributed by atoms with Crippen molar-refractivity contribution in [1.29, 1.82) is 0 Å². The second kappa shape index (κ2) is 52.6. The second-order valence-electron chi connectivity index (χ2n) is 2.68. The van der Waals surface area contributed by atoms with Crippen molar-refractivity contribution in [2.75, 3.05) is 28.2 Å². The molecular formula is C4H13Cl4KNNaO4. The van der Waals surface area contributed by atoms with Gasteiger partial charge in [-0.25, -0.2) is 35.6 Å². The molecule has 0 aliphatic carbocycles. The van der Waals surface area contributed by atoms with Crippen molar-refractivity contribution in [2.45, 2.75) is 0 Å². The maximum atomic E-state index is 7.72. The molecule has 0 saturated carbocycles. The number of hydrogen-bond acceptors (Lipinski definition) is 4. The van der Waals surface area contributed by atoms with Crippen LogP contribution in [0.5, 0.6) is 0 Å². The van der Waals surface area contributed by atoms with Crippen LogP contribution in [0.4, 0.5) is 0 Å². The average Bonchev–Trinajstić information content (AvgIpc) is 2.14. The fraction of sp³-hybridized carbons (Fsp3) is 1.00. The van der Waals surface area contributed by atoms with Gasteiger partial charge in [-0.2, -0.15) is 0 Å². The Balaban J connectivity index is -0.0000000113. The van der Waals surface area contributed by atoms with Crippen LogP contribution in [0.3, 0.4) is 0 Å². The van der Waals surface area contributed by atoms with Gasteiger partial charge in [0.05, 0.1) is 40.1 Å². The Labute approximate surface area is 176 Å². The zero-order chi connectivity index (χ0) is 12.5. The Morgan fingerprint density at radius 2 is 0.733 bits per heavy atom. The SMILES string of the molecule is C[N+](C)(C)C.OCl.[K+].[Na+].[O-]Cl.[O-]Cl.[O-]Cl. The van der Waals surface area contributed by atoms with Crippen molar-refractivity contribution in [3.05, 3.63) is 0 Å². The van der Waals surface area contributed by atoms with Crippen LogP contribution in [0.15, 0.2) is 0 Å². The molecule has 0 aromatic heterocycles. The summed E-state index contributed by atoms with van der Waals surface area (Å²) in [6, 6.07) is 0. The van der Waals surface area contributed by atoms with Crippen molar-refractivity contribution < 1.29 is 104 Å². The molecule has 0 bridgehead atoms. The Kier molecular flexibility index (Phi) is 150. The molecule has 0 spiro atoms. The van der Waals surface area contributed by atoms with E-state index in [1.807, 2.05) is 0 Å². The van der Waals surface area contributed by atoms with Gasteiger partial charge in [-0.15, -0.1) is 0 Å². The molecule has 15 heavy (non-hydrogen) atoms. The molecule has 0 aliphatic rings. The molecule has 1 N–H and O–H groups in total. The molecule has 0 amide bonds. The molecular weight excluding hydrogens is 330 g/mol. The second-order valence-corrected chi connectivity index (χ2v) is 2.68. The summed E-state index contributed by atoms with van der Waals surface area (Å²) >= 11 is 13.8. The smallest absolute Gasteiger partial charge is 0.769 e. The molecule has 0 aromatic rings. The van der Waals surface area contributed by atoms with Gasteiger partial charge in [0.15, 0.2) is 0 Å². The third kappa shape index (κ3) is 331. The number of nitrogens with zero attached hydrogens (tertiary/aromatic N) is 1. The van der Waals surface area contributed by atoms with Crippen LogP contribution in [0.25, 0.3) is 0 Å². The topological polar surface area (TPSA) is 89.4 Å². The standard InChI is InChI=1S/C4H12N.ClHO.3ClO.K.Na/c1-5(2,3)4;4*1-2;;/h1-4H3;2H;;;;;/q+1;;3*-1;2*+1. The minimum Gasteiger partial charge on any atom is -0.769 e. The quantitative estimate of drug-likeness (QED) is 0.350. The van der Waals surface area contributed by atoms with Gasteiger partial charge in [-0.3, -0.25) is 4.66 Å². The summed E-state index contributed by atoms with van der Waals surface area (Å²) < 4.78 is 30.6. The molecule has 0 aromatic carbocycles. The number of hydrogen-bond donors (Lipinski definition) is 1. The van der Waals surface area contributed by atoms with Crippen LogP contribution in [-0.2, 0) is 0 Å². The van der Waals surface area contributed by atoms with Crippen molar-refractivity contribution in [2.24, 2.45) is 0 Å². The zero-order valence-electron chi connectivity index (χ0n) is 9.63. The molecule has 88 valence electrons. The van der Waals surface area contributed by atoms with E-state index in [1.54, 1.807) is 0 Å². The molecule has 11 heteroatoms. The first-order valence-corrected chi connectivity index (χ1v) is 3.68. The molecule has 0 rings (SSSR count). The summed E-state index contributed by atoms with van der Waals surface area (Å²) in [5, 5.41) is 0. The molecule has 0 saturated heterocycles. The van der Waals surface area contributed by atoms with E-state index in [2.05, 4.69) is 75.7 Å². The fourth-order valence-corrected chi connectivity index (χ4v) is 0. The molecule has 0 heterocycles. The van der Waals surface area contributed by atoms with E-state index in [9.17, 15) is 0 Å². The number of quaternary nitrogens is 1. The van der Waals surface area contributed by atoms with E-state index >= 15 is 0 Å². The summed E-state index contributed by atoms with van der Waals surface area (Å²) in [6.45, 7) is 0. The van der Waals surface area contributed by atoms with Gasteiger partial charge in [0.25, 0.3) is 0 Å². The van der Waals surface area contributed by atoms with Crippen LogP contribution in [0.1, 0.15) is 0 Å². The van der Waals surface area contributed by atoms with Gasteiger partial charge >= 0.3 is 80.9 Å². The third-order valence-electron chi connectivity index (χ3n) is 0. The first-order chi connectivity index (χ1) is 6.00. The average molecular weight is 343 g/mol. The molecule has 0 fully saturated rings. The van der Waals surface area contributed by atoms with E-state index in [4.69, 9.17) is 18.6 Å². The van der Waals surface area contributed by atoms with Crippen molar-refractivity contribution in [1.82, 2.24) is 0 Å². The summed E-state index contributed by atoms with van der Waals surface area (Å²) in [7, 11) is 8.50. The van der Waals surface area contributed by atoms with Gasteiger partial charge in [0, 0.05) is 0 Å². The molecule has 5 nitrogen and oxygen atoms in total. The first kappa shape index (κ1) is 42.8. The van der Waals surface area contributed by atoms with Gasteiger partial charge < -0.3 is 18.5 Å². The van der Waals surface area contributed by atoms with Crippen LogP contribution in [0, 0.1) is 0 Å². The molecule has 0 atom stereocenters. The Bertz CT molecular complexity index is 50.1. The van der Waals surface area contributed by atoms with Gasteiger partial charge in [0.2, 0.25) is 0 Å². The maximum absolute atomic E-state index is 7.72. The van der Waals surface area contributed by atoms with Gasteiger partial charge in [0.1, 0.15) is 0 Å². The predicted octanol–water partition coefficient (Wildman–Crippen LogP) is -7.04. The van der Waals surface area contributed by atoms with Crippen molar-refractivity contribution >= 4 is 47.5 Å². The normalized spacial score (nSPS) is 5.60. The van der Waals surface area contributed by atoms with E-state index in [0.29, 0.717) is 0 Å². The van der Waals surface area contributed by atoms with Crippen LogP contribution < -0.4 is 94.9 Å². The predicted molar refractivity (Wildman–Crippen MR) is 49.6 cm³/mol. The Morgan fingerprint density at radius 3 is 0.733 bits per heavy atom. The fourth-order valence-electron chi connectivity index (χ4n) is 0. The number of halogens is 4. The van der Waals surface area contributed by atoms with Crippen LogP contribution in [0.2, 0.25) is 0 Å². The van der Waals surface area contributed by atoms with E-state index in [0.717, 1.165) is 4.48 Å². The van der Waals surface area contributed by atoms with E-state index in [-0.39, 0.29) is 80.9 Å². The monoisotopic (exact) mass is 341 g/mol. The summed E-state index contributed by atoms with van der Waals surface area (Å²) in [6.07, 6.45) is 0. The minimum absolute atomic E-state index is 0. The van der Waals surface area contributed by atoms with Crippen molar-refractivity contribution in [3.63, 3.8) is 0 Å². The zero-order valence-corrected chi connectivity index (χ0v) is 17.8. The molecule has 0 unspecified atom stereocenters. The van der Waals surface area contributed by atoms with E-state index < -0.39 is 0 Å². The minimum atomic E-state index is 0. The number of rotatable bonds is 0. The summed E-state index contributed by atoms with van der Waals surface area (Å²) in [4.78, 5) is 0. The Hall–Kier alpha value is 3.60. The summed E-state index contributed by atoms with van der Waals surface area (Å²) in [5.41, 5.74) is 0. The third-order valence-corrected chi connectivity index (χ3v) is 0. The van der Waals surface area contributed by atoms with Gasteiger partial charge in [-0.05, 0) is 0 Å². The molecule has 0 radical (unpaired) electrons. The van der Waals surface area contributed by atoms with E-state index in [1.165, 1.54) is 0 Å². The van der Waals surface area contributed by atoms with Crippen LogP contribution >= 0.6 is 47.5 Å². The maximum Gasteiger partial charge on any atom is 1.00 e. The van der Waals surface area contributed by atoms with Crippen molar-refractivity contribution in [3.8, 4) is 0 Å². The van der Waals surface area contributed by atoms with Gasteiger partial charge in [-0.1, -0.05) is 0 Å². The first-order valence-electron chi connectivity index (χ1n) is 2.42. The van der Waals surface area contributed by atoms with Crippen LogP contribution in [-0.4, -0.2) is 37.3 Å².